The third-order valence-corrected chi connectivity index (χ3v) is 2.52. The number of anilines is 1. The zero-order chi connectivity index (χ0) is 13.1. The second kappa shape index (κ2) is 5.01. The van der Waals surface area contributed by atoms with Crippen molar-refractivity contribution in [2.24, 2.45) is 0 Å². The van der Waals surface area contributed by atoms with Crippen LogP contribution in [0, 0.1) is 5.82 Å². The molecule has 0 saturated carbocycles. The van der Waals surface area contributed by atoms with E-state index in [-0.39, 0.29) is 16.4 Å². The molecule has 0 aliphatic carbocycles. The lowest BCUT2D eigenvalue weighted by molar-refractivity contribution is -0.112. The number of Topliss-reactive ketones (excluding diaryl/α,β-unsaturated/α-hetero) is 1. The second-order valence-corrected chi connectivity index (χ2v) is 3.90. The van der Waals surface area contributed by atoms with E-state index < -0.39 is 17.5 Å². The highest BCUT2D eigenvalue weighted by molar-refractivity contribution is 6.46. The molecular formula is C12H8ClFN2O2. The summed E-state index contributed by atoms with van der Waals surface area (Å²) in [5, 5.41) is 2.21. The Morgan fingerprint density at radius 3 is 2.67 bits per heavy atom. The largest absolute Gasteiger partial charge is 0.358 e. The molecule has 1 aromatic heterocycles. The standard InChI is InChI=1S/C12H8ClFN2O2/c13-8-6-7(3-4-9(8)14)16-12(18)11(17)10-2-1-5-15-10/h1-6,15H,(H,16,18). The maximum atomic E-state index is 12.9. The lowest BCUT2D eigenvalue weighted by atomic mass is 10.2. The monoisotopic (exact) mass is 266 g/mol. The number of carbonyl (C=O) groups is 2. The SMILES string of the molecule is O=C(Nc1ccc(F)c(Cl)c1)C(=O)c1ccc[nH]1. The molecule has 0 fully saturated rings. The first-order chi connectivity index (χ1) is 8.58. The Kier molecular flexibility index (Phi) is 3.43. The van der Waals surface area contributed by atoms with Crippen molar-refractivity contribution in [3.8, 4) is 0 Å². The molecular weight excluding hydrogens is 259 g/mol. The molecule has 0 saturated heterocycles. The first-order valence-electron chi connectivity index (χ1n) is 5.02. The lowest BCUT2D eigenvalue weighted by Gasteiger charge is -2.04. The van der Waals surface area contributed by atoms with Crippen molar-refractivity contribution in [2.75, 3.05) is 5.32 Å². The molecule has 92 valence electrons. The molecule has 0 aliphatic heterocycles. The maximum Gasteiger partial charge on any atom is 0.298 e. The summed E-state index contributed by atoms with van der Waals surface area (Å²) >= 11 is 5.56. The quantitative estimate of drug-likeness (QED) is 0.663. The third-order valence-electron chi connectivity index (χ3n) is 2.23. The van der Waals surface area contributed by atoms with Gasteiger partial charge in [-0.1, -0.05) is 11.6 Å². The Balaban J connectivity index is 2.12. The van der Waals surface area contributed by atoms with Crippen LogP contribution in [0.2, 0.25) is 5.02 Å². The maximum absolute atomic E-state index is 12.9. The van der Waals surface area contributed by atoms with E-state index in [9.17, 15) is 14.0 Å². The van der Waals surface area contributed by atoms with E-state index in [2.05, 4.69) is 10.3 Å². The van der Waals surface area contributed by atoms with E-state index in [0.717, 1.165) is 6.07 Å². The molecule has 1 heterocycles. The fourth-order valence-corrected chi connectivity index (χ4v) is 1.54. The van der Waals surface area contributed by atoms with Gasteiger partial charge in [0.2, 0.25) is 0 Å². The molecule has 0 aliphatic rings. The van der Waals surface area contributed by atoms with Gasteiger partial charge in [-0.2, -0.15) is 0 Å². The summed E-state index contributed by atoms with van der Waals surface area (Å²) in [4.78, 5) is 25.8. The fraction of sp³-hybridized carbons (Fsp3) is 0. The molecule has 6 heteroatoms. The Morgan fingerprint density at radius 2 is 2.06 bits per heavy atom. The van der Waals surface area contributed by atoms with Gasteiger partial charge < -0.3 is 10.3 Å². The van der Waals surface area contributed by atoms with Crippen molar-refractivity contribution in [3.63, 3.8) is 0 Å². The number of hydrogen-bond donors (Lipinski definition) is 2. The average Bonchev–Trinajstić information content (AvgIpc) is 2.86. The van der Waals surface area contributed by atoms with E-state index in [4.69, 9.17) is 11.6 Å². The van der Waals surface area contributed by atoms with Crippen molar-refractivity contribution in [1.29, 1.82) is 0 Å². The smallest absolute Gasteiger partial charge is 0.298 e. The number of benzene rings is 1. The Labute approximate surface area is 107 Å². The van der Waals surface area contributed by atoms with Gasteiger partial charge in [0.1, 0.15) is 5.82 Å². The van der Waals surface area contributed by atoms with Crippen LogP contribution in [0.3, 0.4) is 0 Å². The minimum atomic E-state index is -0.819. The predicted molar refractivity (Wildman–Crippen MR) is 65.2 cm³/mol. The van der Waals surface area contributed by atoms with Crippen molar-refractivity contribution >= 4 is 29.0 Å². The zero-order valence-electron chi connectivity index (χ0n) is 9.04. The van der Waals surface area contributed by atoms with Crippen LogP contribution in [0.4, 0.5) is 10.1 Å². The minimum absolute atomic E-state index is 0.125. The highest BCUT2D eigenvalue weighted by Crippen LogP contribution is 2.19. The summed E-state index contributed by atoms with van der Waals surface area (Å²) in [7, 11) is 0. The summed E-state index contributed by atoms with van der Waals surface area (Å²) in [5.74, 6) is -2.12. The Bertz CT molecular complexity index is 596. The molecule has 2 rings (SSSR count). The molecule has 0 bridgehead atoms. The number of carbonyl (C=O) groups excluding carboxylic acids is 2. The molecule has 0 unspecified atom stereocenters. The van der Waals surface area contributed by atoms with E-state index in [0.29, 0.717) is 0 Å². The fourth-order valence-electron chi connectivity index (χ4n) is 1.36. The highest BCUT2D eigenvalue weighted by atomic mass is 35.5. The Morgan fingerprint density at radius 1 is 1.28 bits per heavy atom. The number of halogens is 2. The highest BCUT2D eigenvalue weighted by Gasteiger charge is 2.17. The third kappa shape index (κ3) is 2.57. The van der Waals surface area contributed by atoms with Crippen LogP contribution in [0.1, 0.15) is 10.5 Å². The van der Waals surface area contributed by atoms with E-state index in [1.165, 1.54) is 24.4 Å². The number of aromatic amines is 1. The number of H-pyrrole nitrogens is 1. The van der Waals surface area contributed by atoms with Crippen LogP contribution < -0.4 is 5.32 Å². The molecule has 1 aromatic carbocycles. The summed E-state index contributed by atoms with van der Waals surface area (Å²) in [6.07, 6.45) is 1.54. The summed E-state index contributed by atoms with van der Waals surface area (Å²) in [5.41, 5.74) is 0.437. The van der Waals surface area contributed by atoms with Crippen LogP contribution in [0.25, 0.3) is 0 Å². The lowest BCUT2D eigenvalue weighted by Crippen LogP contribution is -2.23. The van der Waals surface area contributed by atoms with Gasteiger partial charge >= 0.3 is 0 Å². The molecule has 18 heavy (non-hydrogen) atoms. The summed E-state index contributed by atoms with van der Waals surface area (Å²) in [6.45, 7) is 0. The topological polar surface area (TPSA) is 62.0 Å². The normalized spacial score (nSPS) is 10.1. The number of amides is 1. The van der Waals surface area contributed by atoms with Crippen molar-refractivity contribution < 1.29 is 14.0 Å². The molecule has 2 N–H and O–H groups in total. The van der Waals surface area contributed by atoms with Gasteiger partial charge in [0.05, 0.1) is 10.7 Å². The predicted octanol–water partition coefficient (Wildman–Crippen LogP) is 2.63. The van der Waals surface area contributed by atoms with Crippen LogP contribution in [-0.4, -0.2) is 16.7 Å². The summed E-state index contributed by atoms with van der Waals surface area (Å²) in [6, 6.07) is 6.75. The van der Waals surface area contributed by atoms with Crippen LogP contribution in [0.15, 0.2) is 36.5 Å². The first kappa shape index (κ1) is 12.3. The molecule has 2 aromatic rings. The summed E-state index contributed by atoms with van der Waals surface area (Å²) < 4.78 is 12.9. The van der Waals surface area contributed by atoms with E-state index in [1.807, 2.05) is 0 Å². The Hall–Kier alpha value is -2.14. The number of aromatic nitrogens is 1. The number of nitrogens with one attached hydrogen (secondary N) is 2. The van der Waals surface area contributed by atoms with Crippen LogP contribution in [0.5, 0.6) is 0 Å². The second-order valence-electron chi connectivity index (χ2n) is 3.50. The van der Waals surface area contributed by atoms with Crippen molar-refractivity contribution in [3.05, 3.63) is 53.1 Å². The number of ketones is 1. The molecule has 4 nitrogen and oxygen atoms in total. The van der Waals surface area contributed by atoms with Gasteiger partial charge in [-0.05, 0) is 30.3 Å². The van der Waals surface area contributed by atoms with Gasteiger partial charge in [-0.15, -0.1) is 0 Å². The van der Waals surface area contributed by atoms with Gasteiger partial charge in [0.15, 0.2) is 0 Å². The molecule has 0 spiro atoms. The van der Waals surface area contributed by atoms with Gasteiger partial charge in [0.25, 0.3) is 11.7 Å². The van der Waals surface area contributed by atoms with Crippen molar-refractivity contribution in [1.82, 2.24) is 4.98 Å². The van der Waals surface area contributed by atoms with Crippen LogP contribution >= 0.6 is 11.6 Å². The van der Waals surface area contributed by atoms with Gasteiger partial charge in [-0.3, -0.25) is 9.59 Å². The number of rotatable bonds is 3. The van der Waals surface area contributed by atoms with Crippen molar-refractivity contribution in [2.45, 2.75) is 0 Å². The van der Waals surface area contributed by atoms with Gasteiger partial charge in [-0.25, -0.2) is 4.39 Å². The first-order valence-corrected chi connectivity index (χ1v) is 5.40. The van der Waals surface area contributed by atoms with Gasteiger partial charge in [0, 0.05) is 11.9 Å². The molecule has 1 amide bonds. The minimum Gasteiger partial charge on any atom is -0.358 e. The van der Waals surface area contributed by atoms with E-state index in [1.54, 1.807) is 6.07 Å². The van der Waals surface area contributed by atoms with E-state index >= 15 is 0 Å². The molecule has 0 radical (unpaired) electrons. The zero-order valence-corrected chi connectivity index (χ0v) is 9.79. The van der Waals surface area contributed by atoms with Crippen LogP contribution in [-0.2, 0) is 4.79 Å². The molecule has 0 atom stereocenters. The number of hydrogen-bond acceptors (Lipinski definition) is 2. The average molecular weight is 267 g/mol.